The van der Waals surface area contributed by atoms with Crippen molar-refractivity contribution in [3.63, 3.8) is 0 Å². The van der Waals surface area contributed by atoms with Crippen molar-refractivity contribution >= 4 is 11.8 Å². The van der Waals surface area contributed by atoms with Gasteiger partial charge in [-0.05, 0) is 39.2 Å². The van der Waals surface area contributed by atoms with Gasteiger partial charge in [-0.25, -0.2) is 0 Å². The molecule has 0 saturated carbocycles. The molecule has 0 aliphatic carbocycles. The first-order valence-corrected chi connectivity index (χ1v) is 7.95. The number of rotatable bonds is 8. The van der Waals surface area contributed by atoms with Gasteiger partial charge >= 0.3 is 0 Å². The van der Waals surface area contributed by atoms with Crippen LogP contribution in [0, 0.1) is 19.8 Å². The molecule has 0 saturated heterocycles. The minimum absolute atomic E-state index is 0.0491. The maximum atomic E-state index is 11.8. The molecular formula is C17H28N2O4. The second kappa shape index (κ2) is 8.15. The Morgan fingerprint density at radius 2 is 1.91 bits per heavy atom. The van der Waals surface area contributed by atoms with E-state index in [1.54, 1.807) is 26.8 Å². The van der Waals surface area contributed by atoms with Gasteiger partial charge in [0.05, 0.1) is 13.1 Å². The second-order valence-corrected chi connectivity index (χ2v) is 6.59. The Bertz CT molecular complexity index is 547. The number of furan rings is 1. The fraction of sp³-hybridized carbons (Fsp3) is 0.647. The van der Waals surface area contributed by atoms with Crippen LogP contribution in [0.5, 0.6) is 0 Å². The minimum atomic E-state index is -1.22. The SMILES string of the molecule is Cc1cc(C(C)(O)CNC(=O)CNC(=O)CCC(C)C)c(C)o1. The highest BCUT2D eigenvalue weighted by atomic mass is 16.3. The maximum absolute atomic E-state index is 11.8. The summed E-state index contributed by atoms with van der Waals surface area (Å²) >= 11 is 0. The molecule has 3 N–H and O–H groups in total. The quantitative estimate of drug-likeness (QED) is 0.679. The van der Waals surface area contributed by atoms with Crippen LogP contribution >= 0.6 is 0 Å². The first-order chi connectivity index (χ1) is 10.6. The predicted molar refractivity (Wildman–Crippen MR) is 87.8 cm³/mol. The van der Waals surface area contributed by atoms with Gasteiger partial charge in [0.25, 0.3) is 0 Å². The smallest absolute Gasteiger partial charge is 0.239 e. The molecule has 1 unspecified atom stereocenters. The molecule has 1 aromatic rings. The van der Waals surface area contributed by atoms with Crippen LogP contribution in [-0.4, -0.2) is 30.0 Å². The zero-order chi connectivity index (χ0) is 17.6. The number of aryl methyl sites for hydroxylation is 2. The first kappa shape index (κ1) is 19.2. The van der Waals surface area contributed by atoms with E-state index in [1.165, 1.54) is 0 Å². The third kappa shape index (κ3) is 6.44. The lowest BCUT2D eigenvalue weighted by Gasteiger charge is -2.23. The van der Waals surface area contributed by atoms with Crippen molar-refractivity contribution < 1.29 is 19.1 Å². The highest BCUT2D eigenvalue weighted by molar-refractivity contribution is 5.84. The van der Waals surface area contributed by atoms with Crippen LogP contribution in [0.1, 0.15) is 50.7 Å². The van der Waals surface area contributed by atoms with E-state index in [0.29, 0.717) is 29.4 Å². The summed E-state index contributed by atoms with van der Waals surface area (Å²) in [6.45, 7) is 9.24. The average Bonchev–Trinajstić information content (AvgIpc) is 2.80. The van der Waals surface area contributed by atoms with Crippen molar-refractivity contribution in [2.45, 2.75) is 53.1 Å². The Hall–Kier alpha value is -1.82. The van der Waals surface area contributed by atoms with Gasteiger partial charge < -0.3 is 20.2 Å². The van der Waals surface area contributed by atoms with Gasteiger partial charge in [0.2, 0.25) is 11.8 Å². The molecule has 6 heteroatoms. The summed E-state index contributed by atoms with van der Waals surface area (Å²) < 4.78 is 5.40. The molecule has 6 nitrogen and oxygen atoms in total. The molecule has 2 amide bonds. The van der Waals surface area contributed by atoms with Gasteiger partial charge in [0.1, 0.15) is 17.1 Å². The number of hydrogen-bond donors (Lipinski definition) is 3. The molecule has 0 spiro atoms. The summed E-state index contributed by atoms with van der Waals surface area (Å²) in [7, 11) is 0. The monoisotopic (exact) mass is 324 g/mol. The standard InChI is InChI=1S/C17H28N2O4/c1-11(2)6-7-15(20)18-9-16(21)19-10-17(5,22)14-8-12(3)23-13(14)4/h8,11,22H,6-7,9-10H2,1-5H3,(H,18,20)(H,19,21). The van der Waals surface area contributed by atoms with Crippen LogP contribution in [0.3, 0.4) is 0 Å². The topological polar surface area (TPSA) is 91.6 Å². The van der Waals surface area contributed by atoms with Crippen LogP contribution in [0.2, 0.25) is 0 Å². The summed E-state index contributed by atoms with van der Waals surface area (Å²) in [5.74, 6) is 1.32. The van der Waals surface area contributed by atoms with E-state index in [2.05, 4.69) is 10.6 Å². The van der Waals surface area contributed by atoms with Crippen LogP contribution < -0.4 is 10.6 Å². The molecule has 1 heterocycles. The molecule has 0 radical (unpaired) electrons. The van der Waals surface area contributed by atoms with Crippen molar-refractivity contribution in [2.24, 2.45) is 5.92 Å². The summed E-state index contributed by atoms with van der Waals surface area (Å²) in [6, 6.07) is 1.76. The van der Waals surface area contributed by atoms with Crippen LogP contribution in [-0.2, 0) is 15.2 Å². The van der Waals surface area contributed by atoms with Crippen molar-refractivity contribution in [1.29, 1.82) is 0 Å². The lowest BCUT2D eigenvalue weighted by Crippen LogP contribution is -2.43. The van der Waals surface area contributed by atoms with Gasteiger partial charge in [-0.15, -0.1) is 0 Å². The summed E-state index contributed by atoms with van der Waals surface area (Å²) in [4.78, 5) is 23.4. The van der Waals surface area contributed by atoms with Crippen molar-refractivity contribution in [2.75, 3.05) is 13.1 Å². The lowest BCUT2D eigenvalue weighted by molar-refractivity contribution is -0.126. The number of aliphatic hydroxyl groups is 1. The zero-order valence-corrected chi connectivity index (χ0v) is 14.7. The Labute approximate surface area is 137 Å². The lowest BCUT2D eigenvalue weighted by atomic mass is 9.96. The van der Waals surface area contributed by atoms with Crippen molar-refractivity contribution in [1.82, 2.24) is 10.6 Å². The van der Waals surface area contributed by atoms with Crippen LogP contribution in [0.25, 0.3) is 0 Å². The summed E-state index contributed by atoms with van der Waals surface area (Å²) in [5.41, 5.74) is -0.574. The number of carbonyl (C=O) groups is 2. The van der Waals surface area contributed by atoms with E-state index in [-0.39, 0.29) is 24.9 Å². The molecule has 130 valence electrons. The number of nitrogens with one attached hydrogen (secondary N) is 2. The van der Waals surface area contributed by atoms with Crippen LogP contribution in [0.15, 0.2) is 10.5 Å². The Kier molecular flexibility index (Phi) is 6.81. The first-order valence-electron chi connectivity index (χ1n) is 7.95. The molecule has 1 aromatic heterocycles. The highest BCUT2D eigenvalue weighted by Crippen LogP contribution is 2.26. The average molecular weight is 324 g/mol. The van der Waals surface area contributed by atoms with Crippen LogP contribution in [0.4, 0.5) is 0 Å². The highest BCUT2D eigenvalue weighted by Gasteiger charge is 2.28. The maximum Gasteiger partial charge on any atom is 0.239 e. The molecule has 1 atom stereocenters. The van der Waals surface area contributed by atoms with Gasteiger partial charge in [-0.2, -0.15) is 0 Å². The third-order valence-electron chi connectivity index (χ3n) is 3.65. The Morgan fingerprint density at radius 1 is 1.26 bits per heavy atom. The fourth-order valence-corrected chi connectivity index (χ4v) is 2.28. The molecule has 0 aromatic carbocycles. The number of carbonyl (C=O) groups excluding carboxylic acids is 2. The number of hydrogen-bond acceptors (Lipinski definition) is 4. The summed E-state index contributed by atoms with van der Waals surface area (Å²) in [6.07, 6.45) is 1.21. The largest absolute Gasteiger partial charge is 0.466 e. The van der Waals surface area contributed by atoms with Gasteiger partial charge in [-0.3, -0.25) is 9.59 Å². The van der Waals surface area contributed by atoms with E-state index in [4.69, 9.17) is 4.42 Å². The summed E-state index contributed by atoms with van der Waals surface area (Å²) in [5, 5.41) is 15.7. The van der Waals surface area contributed by atoms with E-state index in [1.807, 2.05) is 13.8 Å². The minimum Gasteiger partial charge on any atom is -0.466 e. The zero-order valence-electron chi connectivity index (χ0n) is 14.7. The molecular weight excluding hydrogens is 296 g/mol. The van der Waals surface area contributed by atoms with Gasteiger partial charge in [0, 0.05) is 12.0 Å². The third-order valence-corrected chi connectivity index (χ3v) is 3.65. The van der Waals surface area contributed by atoms with E-state index >= 15 is 0 Å². The van der Waals surface area contributed by atoms with Gasteiger partial charge in [-0.1, -0.05) is 13.8 Å². The fourth-order valence-electron chi connectivity index (χ4n) is 2.28. The Balaban J connectivity index is 2.40. The molecule has 0 fully saturated rings. The van der Waals surface area contributed by atoms with E-state index < -0.39 is 5.60 Å². The van der Waals surface area contributed by atoms with Crippen molar-refractivity contribution in [3.05, 3.63) is 23.2 Å². The Morgan fingerprint density at radius 3 is 2.43 bits per heavy atom. The normalized spacial score (nSPS) is 13.7. The molecule has 1 rings (SSSR count). The molecule has 23 heavy (non-hydrogen) atoms. The second-order valence-electron chi connectivity index (χ2n) is 6.59. The van der Waals surface area contributed by atoms with E-state index in [0.717, 1.165) is 6.42 Å². The number of amides is 2. The van der Waals surface area contributed by atoms with Gasteiger partial charge in [0.15, 0.2) is 0 Å². The molecule has 0 aliphatic heterocycles. The van der Waals surface area contributed by atoms with Crippen molar-refractivity contribution in [3.8, 4) is 0 Å². The predicted octanol–water partition coefficient (Wildman–Crippen LogP) is 1.77. The molecule has 0 bridgehead atoms. The molecule has 0 aliphatic rings. The van der Waals surface area contributed by atoms with E-state index in [9.17, 15) is 14.7 Å².